The SMILES string of the molecule is [2H]C([2H])([2H])n1[c-][n+](-c2[c-]c(-n3c4ccccc4n4cc(-n5c6[c-]cccc6c6ccccc65)nc34)ccc2)c2ccccc21.[Pt+2].[Pt+2].[Pt].[c-]1cccc2c3ccccc3n(-c3cccc(-n4c5ccccc5n5cc(-n6c7[c-]cccc7c7ccccc76)nc45)n3)c12.[c-]1ccccc1-c1nc2c(-n3c4ccccc4n4cc(-n5c6[c-]cccc6c6ccccc65)nc34)cccc2n1-c1ccccc1-c1ccccc1. The Morgan fingerprint density at radius 1 is 0.271 bits per heavy atom. The molecule has 13 heterocycles. The first-order chi connectivity index (χ1) is 69.2. The molecule has 0 bridgehead atoms. The van der Waals surface area contributed by atoms with Crippen LogP contribution in [0.4, 0.5) is 0 Å². The zero-order valence-electron chi connectivity index (χ0n) is 76.8. The molecule has 30 rings (SSSR count). The van der Waals surface area contributed by atoms with Crippen LogP contribution in [0, 0.1) is 42.7 Å². The minimum Gasteiger partial charge on any atom is -0.342 e. The van der Waals surface area contributed by atoms with Crippen LogP contribution >= 0.6 is 0 Å². The number of hydrogen-bond donors (Lipinski definition) is 0. The average Bonchev–Trinajstić information content (AvgIpc) is 1.56. The molecule has 0 aliphatic carbocycles. The fraction of sp³-hybridized carbons (Fsp3) is 0.00840. The minimum absolute atomic E-state index is 0. The molecule has 0 amide bonds. The predicted octanol–water partition coefficient (Wildman–Crippen LogP) is 25.7. The number of benzene rings is 17. The summed E-state index contributed by atoms with van der Waals surface area (Å²) in [7, 11) is 0. The van der Waals surface area contributed by atoms with Crippen molar-refractivity contribution in [2.45, 2.75) is 0 Å². The first-order valence-electron chi connectivity index (χ1n) is 46.8. The van der Waals surface area contributed by atoms with Gasteiger partial charge in [0.1, 0.15) is 17.2 Å². The van der Waals surface area contributed by atoms with Gasteiger partial charge in [0, 0.05) is 54.4 Å². The van der Waals surface area contributed by atoms with Crippen LogP contribution in [-0.2, 0) is 70.2 Å². The summed E-state index contributed by atoms with van der Waals surface area (Å²) in [6, 6.07) is 157. The van der Waals surface area contributed by atoms with Crippen LogP contribution in [0.15, 0.2) is 419 Å². The van der Waals surface area contributed by atoms with E-state index in [9.17, 15) is 0 Å². The van der Waals surface area contributed by atoms with Gasteiger partial charge < -0.3 is 36.5 Å². The summed E-state index contributed by atoms with van der Waals surface area (Å²) in [5, 5.41) is 9.28. The van der Waals surface area contributed by atoms with Crippen molar-refractivity contribution in [1.82, 2.24) is 79.2 Å². The van der Waals surface area contributed by atoms with Gasteiger partial charge in [0.2, 0.25) is 23.7 Å². The van der Waals surface area contributed by atoms with Gasteiger partial charge in [0.05, 0.1) is 90.8 Å². The van der Waals surface area contributed by atoms with Crippen LogP contribution in [0.2, 0.25) is 0 Å². The third-order valence-corrected chi connectivity index (χ3v) is 26.5. The molecule has 670 valence electrons. The number of aromatic nitrogens is 18. The number of hydrogen-bond acceptors (Lipinski definition) is 5. The van der Waals surface area contributed by atoms with Crippen molar-refractivity contribution in [3.63, 3.8) is 0 Å². The topological polar surface area (TPSA) is 126 Å². The predicted molar refractivity (Wildman–Crippen MR) is 547 cm³/mol. The number of pyridine rings is 1. The molecule has 0 fully saturated rings. The summed E-state index contributed by atoms with van der Waals surface area (Å²) in [6.45, 7) is -2.37. The second-order valence-corrected chi connectivity index (χ2v) is 34.0. The Morgan fingerprint density at radius 2 is 0.657 bits per heavy atom. The molecular weight excluding hydrogens is 2270 g/mol. The number of fused-ring (bicyclic) bond motifs is 23. The van der Waals surface area contributed by atoms with E-state index >= 15 is 0 Å². The number of aryl methyl sites for hydroxylation is 1. The Bertz CT molecular complexity index is 10100. The molecule has 17 aromatic carbocycles. The molecule has 0 unspecified atom stereocenters. The third kappa shape index (κ3) is 13.2. The summed E-state index contributed by atoms with van der Waals surface area (Å²) < 4.78 is 51.1. The largest absolute Gasteiger partial charge is 2.00 e. The van der Waals surface area contributed by atoms with E-state index in [2.05, 4.69) is 384 Å². The van der Waals surface area contributed by atoms with Crippen LogP contribution in [0.5, 0.6) is 0 Å². The van der Waals surface area contributed by atoms with Gasteiger partial charge in [-0.2, -0.15) is 130 Å². The zero-order chi connectivity index (χ0) is 92.5. The molecule has 0 saturated heterocycles. The Hall–Kier alpha value is -16.9. The number of rotatable bonds is 11. The molecule has 21 heteroatoms. The molecule has 18 nitrogen and oxygen atoms in total. The molecule has 0 radical (unpaired) electrons. The van der Waals surface area contributed by atoms with E-state index < -0.39 is 6.98 Å². The van der Waals surface area contributed by atoms with Gasteiger partial charge >= 0.3 is 42.1 Å². The van der Waals surface area contributed by atoms with Crippen molar-refractivity contribution < 1.29 is 71.9 Å². The number of para-hydroxylation sites is 18. The molecule has 0 atom stereocenters. The Morgan fingerprint density at radius 3 is 1.17 bits per heavy atom. The van der Waals surface area contributed by atoms with Crippen molar-refractivity contribution >= 4 is 160 Å². The van der Waals surface area contributed by atoms with E-state index in [1.165, 1.54) is 20.7 Å². The number of imidazole rings is 8. The quantitative estimate of drug-likeness (QED) is 0.0942. The van der Waals surface area contributed by atoms with Crippen molar-refractivity contribution in [3.05, 3.63) is 462 Å². The molecule has 0 aliphatic rings. The van der Waals surface area contributed by atoms with Crippen molar-refractivity contribution in [3.8, 4) is 74.4 Å². The standard InChI is InChI=1S/C46H28N6.C38H22N6.C35H22N6.3Pt/c1-3-16-31(17-4-1)33-20-7-10-23-36(33)51-41-28-15-29-42(44(41)48-45(51)32-18-5-2-6-19-32)52-40-27-14-13-26-39(40)49-30-43(47-46(49)52)50-37-24-11-8-21-34(37)35-22-9-12-25-38(35)50;1-5-16-29-25(12-1)26-13-2-6-17-30(26)42(29)35-22-11-23-36(39-35)44-34-21-10-9-20-33(34)41-24-37(40-38(41)44)43-31-18-7-3-14-27(31)28-15-4-8-19-32(28)43;1-37-23-39(31-18-7-6-17-30(31)37)24-11-10-12-25(21-24)40-33-20-9-8-19-32(33)38-22-34(36-35(38)40)41-28-15-4-2-13-26(28)27-14-3-5-16-29(27)41;;;/h1-18,20-24,26-30H;1-16,18,20-24H;2-15,17-20,22H,1H3;;;/q3*-2;;2*+2/i;;1D3;;;. The molecular formula is C119H72N18Pt3-2. The average molecular weight is 2340 g/mol. The molecule has 13 aromatic heterocycles. The van der Waals surface area contributed by atoms with E-state index in [-0.39, 0.29) is 63.2 Å². The fourth-order valence-electron chi connectivity index (χ4n) is 20.7. The van der Waals surface area contributed by atoms with Gasteiger partial charge in [-0.15, -0.1) is 63.5 Å². The van der Waals surface area contributed by atoms with E-state index in [1.807, 2.05) is 121 Å². The molecule has 0 aliphatic heterocycles. The minimum atomic E-state index is -2.37. The van der Waals surface area contributed by atoms with E-state index in [1.54, 1.807) is 10.6 Å². The maximum Gasteiger partial charge on any atom is 2.00 e. The zero-order valence-corrected chi connectivity index (χ0v) is 80.7. The molecule has 0 N–H and O–H groups in total. The summed E-state index contributed by atoms with van der Waals surface area (Å²) in [5.74, 6) is 7.22. The van der Waals surface area contributed by atoms with Gasteiger partial charge in [0.15, 0.2) is 17.5 Å². The van der Waals surface area contributed by atoms with Crippen LogP contribution in [0.3, 0.4) is 0 Å². The van der Waals surface area contributed by atoms with E-state index in [4.69, 9.17) is 29.0 Å². The number of nitrogens with zero attached hydrogens (tertiary/aromatic N) is 18. The van der Waals surface area contributed by atoms with Crippen LogP contribution in [0.1, 0.15) is 4.11 Å². The Labute approximate surface area is 846 Å². The van der Waals surface area contributed by atoms with Crippen LogP contribution < -0.4 is 4.57 Å². The molecule has 0 saturated carbocycles. The van der Waals surface area contributed by atoms with Gasteiger partial charge in [-0.25, -0.2) is 4.98 Å². The van der Waals surface area contributed by atoms with Gasteiger partial charge in [-0.3, -0.25) is 27.3 Å². The normalized spacial score (nSPS) is 12.1. The summed E-state index contributed by atoms with van der Waals surface area (Å²) >= 11 is 0. The Kier molecular flexibility index (Phi) is 19.9. The van der Waals surface area contributed by atoms with Crippen molar-refractivity contribution in [2.24, 2.45) is 6.98 Å². The third-order valence-electron chi connectivity index (χ3n) is 26.5. The summed E-state index contributed by atoms with van der Waals surface area (Å²) in [4.78, 5) is 26.6. The first kappa shape index (κ1) is 81.5. The molecule has 140 heavy (non-hydrogen) atoms. The smallest absolute Gasteiger partial charge is 0.342 e. The maximum absolute atomic E-state index is 8.05. The second kappa shape index (κ2) is 34.1. The molecule has 0 spiro atoms. The summed E-state index contributed by atoms with van der Waals surface area (Å²) in [6.07, 6.45) is 9.38. The van der Waals surface area contributed by atoms with Crippen LogP contribution in [0.25, 0.3) is 234 Å². The van der Waals surface area contributed by atoms with E-state index in [0.717, 1.165) is 207 Å². The van der Waals surface area contributed by atoms with Gasteiger partial charge in [-0.05, 0) is 118 Å². The Balaban J connectivity index is 0.000000112. The fourth-order valence-corrected chi connectivity index (χ4v) is 20.7. The van der Waals surface area contributed by atoms with Crippen molar-refractivity contribution in [1.29, 1.82) is 0 Å². The van der Waals surface area contributed by atoms with Crippen molar-refractivity contribution in [2.75, 3.05) is 0 Å². The first-order valence-corrected chi connectivity index (χ1v) is 45.3. The van der Waals surface area contributed by atoms with Crippen LogP contribution in [-0.4, -0.2) is 79.2 Å². The second-order valence-electron chi connectivity index (χ2n) is 34.0. The van der Waals surface area contributed by atoms with Gasteiger partial charge in [-0.1, -0.05) is 228 Å². The summed E-state index contributed by atoms with van der Waals surface area (Å²) in [5.41, 5.74) is 24.3. The van der Waals surface area contributed by atoms with Gasteiger partial charge in [0.25, 0.3) is 0 Å². The monoisotopic (exact) mass is 2340 g/mol. The van der Waals surface area contributed by atoms with E-state index in [0.29, 0.717) is 11.2 Å². The molecule has 30 aromatic rings. The maximum atomic E-state index is 8.05.